The van der Waals surface area contributed by atoms with Crippen LogP contribution in [0.2, 0.25) is 0 Å². The van der Waals surface area contributed by atoms with E-state index in [9.17, 15) is 14.9 Å². The SMILES string of the molecule is O=C(Nc1nc(-c2ccc(-c3ccccc3)cc2)c(-c2ccccc2)s1)c1ccc([N+](=O)[O-])cc1. The molecule has 170 valence electrons. The van der Waals surface area contributed by atoms with E-state index in [2.05, 4.69) is 29.6 Å². The Bertz CT molecular complexity index is 1480. The van der Waals surface area contributed by atoms with Crippen molar-refractivity contribution in [2.24, 2.45) is 0 Å². The molecular formula is C28H19N3O3S. The van der Waals surface area contributed by atoms with E-state index in [4.69, 9.17) is 4.98 Å². The van der Waals surface area contributed by atoms with Crippen LogP contribution in [-0.2, 0) is 0 Å². The van der Waals surface area contributed by atoms with Crippen LogP contribution in [0.5, 0.6) is 0 Å². The lowest BCUT2D eigenvalue weighted by Crippen LogP contribution is -2.11. The van der Waals surface area contributed by atoms with Gasteiger partial charge in [-0.3, -0.25) is 20.2 Å². The minimum Gasteiger partial charge on any atom is -0.298 e. The summed E-state index contributed by atoms with van der Waals surface area (Å²) in [6, 6.07) is 33.7. The lowest BCUT2D eigenvalue weighted by molar-refractivity contribution is -0.384. The third-order valence-corrected chi connectivity index (χ3v) is 6.51. The van der Waals surface area contributed by atoms with Crippen molar-refractivity contribution in [3.63, 3.8) is 0 Å². The summed E-state index contributed by atoms with van der Waals surface area (Å²) in [5, 5.41) is 14.2. The maximum Gasteiger partial charge on any atom is 0.269 e. The molecule has 35 heavy (non-hydrogen) atoms. The molecule has 0 spiro atoms. The predicted molar refractivity (Wildman–Crippen MR) is 139 cm³/mol. The molecular weight excluding hydrogens is 458 g/mol. The largest absolute Gasteiger partial charge is 0.298 e. The first-order valence-electron chi connectivity index (χ1n) is 10.9. The van der Waals surface area contributed by atoms with Crippen molar-refractivity contribution in [3.05, 3.63) is 125 Å². The number of nitro benzene ring substituents is 1. The number of nitrogens with one attached hydrogen (secondary N) is 1. The van der Waals surface area contributed by atoms with Crippen LogP contribution >= 0.6 is 11.3 Å². The zero-order chi connectivity index (χ0) is 24.2. The maximum absolute atomic E-state index is 12.8. The Morgan fingerprint density at radius 1 is 0.714 bits per heavy atom. The topological polar surface area (TPSA) is 85.1 Å². The van der Waals surface area contributed by atoms with Crippen LogP contribution < -0.4 is 5.32 Å². The number of carbonyl (C=O) groups is 1. The number of hydrogen-bond donors (Lipinski definition) is 1. The lowest BCUT2D eigenvalue weighted by atomic mass is 10.0. The molecule has 0 aliphatic heterocycles. The number of anilines is 1. The molecule has 1 aromatic heterocycles. The third kappa shape index (κ3) is 4.85. The molecule has 0 aliphatic carbocycles. The summed E-state index contributed by atoms with van der Waals surface area (Å²) in [4.78, 5) is 28.9. The van der Waals surface area contributed by atoms with Crippen LogP contribution in [0.3, 0.4) is 0 Å². The first kappa shape index (κ1) is 22.2. The number of thiazole rings is 1. The smallest absolute Gasteiger partial charge is 0.269 e. The Morgan fingerprint density at radius 2 is 1.26 bits per heavy atom. The van der Waals surface area contributed by atoms with Crippen molar-refractivity contribution >= 4 is 28.1 Å². The normalized spacial score (nSPS) is 10.6. The molecule has 0 saturated heterocycles. The maximum atomic E-state index is 12.8. The van der Waals surface area contributed by atoms with Crippen LogP contribution in [0.25, 0.3) is 32.8 Å². The summed E-state index contributed by atoms with van der Waals surface area (Å²) in [6.07, 6.45) is 0. The average Bonchev–Trinajstić information content (AvgIpc) is 3.33. The first-order valence-corrected chi connectivity index (χ1v) is 11.7. The Labute approximate surface area is 205 Å². The number of hydrogen-bond acceptors (Lipinski definition) is 5. The second kappa shape index (κ2) is 9.70. The summed E-state index contributed by atoms with van der Waals surface area (Å²) in [6.45, 7) is 0. The van der Waals surface area contributed by atoms with Crippen LogP contribution in [-0.4, -0.2) is 15.8 Å². The number of aromatic nitrogens is 1. The fourth-order valence-corrected chi connectivity index (χ4v) is 4.70. The zero-order valence-electron chi connectivity index (χ0n) is 18.4. The van der Waals surface area contributed by atoms with E-state index in [1.165, 1.54) is 35.6 Å². The summed E-state index contributed by atoms with van der Waals surface area (Å²) in [5.41, 5.74) is 5.22. The highest BCUT2D eigenvalue weighted by Gasteiger charge is 2.18. The van der Waals surface area contributed by atoms with Gasteiger partial charge in [0.2, 0.25) is 0 Å². The van der Waals surface area contributed by atoms with E-state index in [1.54, 1.807) is 0 Å². The molecule has 0 unspecified atom stereocenters. The number of nitro groups is 1. The van der Waals surface area contributed by atoms with E-state index in [-0.39, 0.29) is 11.6 Å². The predicted octanol–water partition coefficient (Wildman–Crippen LogP) is 7.30. The second-order valence-corrected chi connectivity index (χ2v) is 8.76. The van der Waals surface area contributed by atoms with Gasteiger partial charge in [-0.05, 0) is 28.8 Å². The van der Waals surface area contributed by atoms with Gasteiger partial charge in [0.25, 0.3) is 11.6 Å². The molecule has 1 heterocycles. The highest BCUT2D eigenvalue weighted by molar-refractivity contribution is 7.19. The van der Waals surface area contributed by atoms with E-state index < -0.39 is 4.92 Å². The number of amides is 1. The molecule has 0 bridgehead atoms. The average molecular weight is 478 g/mol. The van der Waals surface area contributed by atoms with Gasteiger partial charge < -0.3 is 0 Å². The number of non-ortho nitro benzene ring substituents is 1. The molecule has 6 nitrogen and oxygen atoms in total. The summed E-state index contributed by atoms with van der Waals surface area (Å²) < 4.78 is 0. The van der Waals surface area contributed by atoms with Crippen molar-refractivity contribution in [2.75, 3.05) is 5.32 Å². The molecule has 0 atom stereocenters. The Balaban J connectivity index is 1.47. The second-order valence-electron chi connectivity index (χ2n) is 7.76. The van der Waals surface area contributed by atoms with Gasteiger partial charge in [-0.15, -0.1) is 0 Å². The molecule has 0 fully saturated rings. The highest BCUT2D eigenvalue weighted by atomic mass is 32.1. The van der Waals surface area contributed by atoms with Gasteiger partial charge >= 0.3 is 0 Å². The molecule has 0 saturated carbocycles. The third-order valence-electron chi connectivity index (χ3n) is 5.49. The zero-order valence-corrected chi connectivity index (χ0v) is 19.2. The Morgan fingerprint density at radius 3 is 1.86 bits per heavy atom. The molecule has 7 heteroatoms. The number of carbonyl (C=O) groups excluding carboxylic acids is 1. The quantitative estimate of drug-likeness (QED) is 0.205. The standard InChI is InChI=1S/C28H19N3O3S/c32-27(23-15-17-24(18-16-23)31(33)34)30-28-29-25(26(35-28)22-9-5-2-6-10-22)21-13-11-20(12-14-21)19-7-3-1-4-8-19/h1-18H,(H,29,30,32). The van der Waals surface area contributed by atoms with Crippen LogP contribution in [0.15, 0.2) is 109 Å². The van der Waals surface area contributed by atoms with Crippen molar-refractivity contribution in [1.29, 1.82) is 0 Å². The van der Waals surface area contributed by atoms with E-state index in [0.29, 0.717) is 10.7 Å². The van der Waals surface area contributed by atoms with Gasteiger partial charge in [0.1, 0.15) is 0 Å². The Kier molecular flexibility index (Phi) is 6.15. The van der Waals surface area contributed by atoms with Crippen molar-refractivity contribution in [3.8, 4) is 32.8 Å². The number of rotatable bonds is 6. The summed E-state index contributed by atoms with van der Waals surface area (Å²) >= 11 is 1.39. The first-order chi connectivity index (χ1) is 17.1. The van der Waals surface area contributed by atoms with Crippen molar-refractivity contribution < 1.29 is 9.72 Å². The van der Waals surface area contributed by atoms with Crippen LogP contribution in [0.4, 0.5) is 10.8 Å². The lowest BCUT2D eigenvalue weighted by Gasteiger charge is -2.05. The minimum atomic E-state index is -0.496. The van der Waals surface area contributed by atoms with Gasteiger partial charge in [-0.2, -0.15) is 0 Å². The van der Waals surface area contributed by atoms with Crippen LogP contribution in [0.1, 0.15) is 10.4 Å². The fourth-order valence-electron chi connectivity index (χ4n) is 3.71. The van der Waals surface area contributed by atoms with Crippen LogP contribution in [0, 0.1) is 10.1 Å². The minimum absolute atomic E-state index is 0.0663. The van der Waals surface area contributed by atoms with E-state index in [0.717, 1.165) is 32.8 Å². The molecule has 0 aliphatic rings. The van der Waals surface area contributed by atoms with Gasteiger partial charge in [-0.25, -0.2) is 4.98 Å². The van der Waals surface area contributed by atoms with E-state index in [1.807, 2.05) is 60.7 Å². The molecule has 5 rings (SSSR count). The molecule has 1 N–H and O–H groups in total. The summed E-state index contributed by atoms with van der Waals surface area (Å²) in [5.74, 6) is -0.376. The number of nitrogens with zero attached hydrogens (tertiary/aromatic N) is 2. The molecule has 1 amide bonds. The highest BCUT2D eigenvalue weighted by Crippen LogP contribution is 2.39. The van der Waals surface area contributed by atoms with Gasteiger partial charge in [-0.1, -0.05) is 96.3 Å². The van der Waals surface area contributed by atoms with E-state index >= 15 is 0 Å². The molecule has 5 aromatic rings. The molecule has 0 radical (unpaired) electrons. The molecule has 4 aromatic carbocycles. The van der Waals surface area contributed by atoms with Gasteiger partial charge in [0.05, 0.1) is 15.5 Å². The Hall–Kier alpha value is -4.62. The van der Waals surface area contributed by atoms with Crippen molar-refractivity contribution in [1.82, 2.24) is 4.98 Å². The van der Waals surface area contributed by atoms with Crippen molar-refractivity contribution in [2.45, 2.75) is 0 Å². The fraction of sp³-hybridized carbons (Fsp3) is 0. The van der Waals surface area contributed by atoms with Gasteiger partial charge in [0, 0.05) is 23.3 Å². The number of benzene rings is 4. The monoisotopic (exact) mass is 477 g/mol. The summed E-state index contributed by atoms with van der Waals surface area (Å²) in [7, 11) is 0. The van der Waals surface area contributed by atoms with Gasteiger partial charge in [0.15, 0.2) is 5.13 Å².